The number of hydrogen-bond acceptors (Lipinski definition) is 5. The molecule has 0 bridgehead atoms. The monoisotopic (exact) mass is 241 g/mol. The van der Waals surface area contributed by atoms with Gasteiger partial charge < -0.3 is 14.4 Å². The molecule has 0 atom stereocenters. The second-order valence-corrected chi connectivity index (χ2v) is 4.12. The molecule has 1 aliphatic heterocycles. The number of piperidine rings is 1. The van der Waals surface area contributed by atoms with Gasteiger partial charge in [-0.05, 0) is 18.8 Å². The number of carbonyl (C=O) groups is 2. The van der Waals surface area contributed by atoms with E-state index in [1.165, 1.54) is 20.1 Å². The lowest BCUT2D eigenvalue weighted by molar-refractivity contribution is -0.142. The van der Waals surface area contributed by atoms with Crippen LogP contribution in [0.4, 0.5) is 0 Å². The van der Waals surface area contributed by atoms with E-state index >= 15 is 0 Å². The average molecular weight is 241 g/mol. The molecule has 1 rings (SSSR count). The van der Waals surface area contributed by atoms with Gasteiger partial charge in [0.1, 0.15) is 0 Å². The third-order valence-corrected chi connectivity index (χ3v) is 2.79. The highest BCUT2D eigenvalue weighted by Crippen LogP contribution is 2.17. The Morgan fingerprint density at radius 1 is 1.35 bits per heavy atom. The SMILES string of the molecule is COC(=O)/C=C/N1CCC(COC(C)=O)CC1. The third kappa shape index (κ3) is 5.38. The number of carbonyl (C=O) groups excluding carboxylic acids is 2. The van der Waals surface area contributed by atoms with Gasteiger partial charge in [-0.15, -0.1) is 0 Å². The molecule has 96 valence electrons. The zero-order valence-electron chi connectivity index (χ0n) is 10.3. The summed E-state index contributed by atoms with van der Waals surface area (Å²) in [7, 11) is 1.36. The topological polar surface area (TPSA) is 55.8 Å². The molecule has 0 aliphatic carbocycles. The van der Waals surface area contributed by atoms with E-state index in [0.717, 1.165) is 25.9 Å². The number of rotatable bonds is 4. The summed E-state index contributed by atoms with van der Waals surface area (Å²) in [4.78, 5) is 23.6. The molecule has 0 saturated carbocycles. The van der Waals surface area contributed by atoms with Crippen molar-refractivity contribution < 1.29 is 19.1 Å². The highest BCUT2D eigenvalue weighted by atomic mass is 16.5. The standard InChI is InChI=1S/C12H19NO4/c1-10(14)17-9-11-3-6-13(7-4-11)8-5-12(15)16-2/h5,8,11H,3-4,6-7,9H2,1-2H3/b8-5+. The van der Waals surface area contributed by atoms with Crippen molar-refractivity contribution in [3.63, 3.8) is 0 Å². The van der Waals surface area contributed by atoms with E-state index in [9.17, 15) is 9.59 Å². The van der Waals surface area contributed by atoms with Crippen LogP contribution in [0.25, 0.3) is 0 Å². The van der Waals surface area contributed by atoms with E-state index in [1.54, 1.807) is 6.20 Å². The van der Waals surface area contributed by atoms with Crippen molar-refractivity contribution in [3.8, 4) is 0 Å². The van der Waals surface area contributed by atoms with Gasteiger partial charge in [-0.2, -0.15) is 0 Å². The number of nitrogens with zero attached hydrogens (tertiary/aromatic N) is 1. The molecule has 0 amide bonds. The molecule has 17 heavy (non-hydrogen) atoms. The van der Waals surface area contributed by atoms with Crippen molar-refractivity contribution in [2.45, 2.75) is 19.8 Å². The van der Waals surface area contributed by atoms with Crippen molar-refractivity contribution >= 4 is 11.9 Å². The van der Waals surface area contributed by atoms with Crippen LogP contribution in [0, 0.1) is 5.92 Å². The van der Waals surface area contributed by atoms with Crippen LogP contribution >= 0.6 is 0 Å². The Morgan fingerprint density at radius 3 is 2.53 bits per heavy atom. The highest BCUT2D eigenvalue weighted by Gasteiger charge is 2.18. The fourth-order valence-electron chi connectivity index (χ4n) is 1.74. The molecule has 0 aromatic carbocycles. The maximum absolute atomic E-state index is 10.9. The Labute approximate surface area is 101 Å². The summed E-state index contributed by atoms with van der Waals surface area (Å²) in [6.07, 6.45) is 5.12. The lowest BCUT2D eigenvalue weighted by Crippen LogP contribution is -2.31. The van der Waals surface area contributed by atoms with Crippen LogP contribution in [0.15, 0.2) is 12.3 Å². The number of hydrogen-bond donors (Lipinski definition) is 0. The number of esters is 2. The molecule has 0 radical (unpaired) electrons. The van der Waals surface area contributed by atoms with Gasteiger partial charge >= 0.3 is 11.9 Å². The van der Waals surface area contributed by atoms with Crippen LogP contribution in [0.2, 0.25) is 0 Å². The van der Waals surface area contributed by atoms with Crippen LogP contribution in [0.3, 0.4) is 0 Å². The van der Waals surface area contributed by atoms with Crippen molar-refractivity contribution in [1.29, 1.82) is 0 Å². The Balaban J connectivity index is 2.23. The molecule has 1 heterocycles. The van der Waals surface area contributed by atoms with Crippen molar-refractivity contribution in [2.24, 2.45) is 5.92 Å². The maximum atomic E-state index is 10.9. The van der Waals surface area contributed by atoms with E-state index < -0.39 is 0 Å². The fourth-order valence-corrected chi connectivity index (χ4v) is 1.74. The van der Waals surface area contributed by atoms with Gasteiger partial charge in [0.2, 0.25) is 0 Å². The third-order valence-electron chi connectivity index (χ3n) is 2.79. The Kier molecular flexibility index (Phi) is 5.52. The van der Waals surface area contributed by atoms with Crippen molar-refractivity contribution in [1.82, 2.24) is 4.90 Å². The molecule has 0 N–H and O–H groups in total. The first-order chi connectivity index (χ1) is 8.11. The van der Waals surface area contributed by atoms with Crippen molar-refractivity contribution in [3.05, 3.63) is 12.3 Å². The number of likely N-dealkylation sites (tertiary alicyclic amines) is 1. The summed E-state index contributed by atoms with van der Waals surface area (Å²) in [6, 6.07) is 0. The highest BCUT2D eigenvalue weighted by molar-refractivity contribution is 5.81. The van der Waals surface area contributed by atoms with Gasteiger partial charge in [0.15, 0.2) is 0 Å². The first-order valence-electron chi connectivity index (χ1n) is 5.75. The smallest absolute Gasteiger partial charge is 0.331 e. The zero-order chi connectivity index (χ0) is 12.7. The lowest BCUT2D eigenvalue weighted by Gasteiger charge is -2.30. The second kappa shape index (κ2) is 6.93. The van der Waals surface area contributed by atoms with Crippen LogP contribution in [-0.4, -0.2) is 43.6 Å². The first kappa shape index (κ1) is 13.5. The van der Waals surface area contributed by atoms with E-state index in [-0.39, 0.29) is 11.9 Å². The quantitative estimate of drug-likeness (QED) is 0.542. The first-order valence-corrected chi connectivity index (χ1v) is 5.75. The largest absolute Gasteiger partial charge is 0.466 e. The zero-order valence-corrected chi connectivity index (χ0v) is 10.3. The molecule has 1 saturated heterocycles. The minimum atomic E-state index is -0.341. The average Bonchev–Trinajstić information content (AvgIpc) is 2.34. The minimum absolute atomic E-state index is 0.224. The molecule has 5 nitrogen and oxygen atoms in total. The summed E-state index contributed by atoms with van der Waals surface area (Å²) >= 11 is 0. The fraction of sp³-hybridized carbons (Fsp3) is 0.667. The van der Waals surface area contributed by atoms with Gasteiger partial charge in [-0.1, -0.05) is 0 Å². The summed E-state index contributed by atoms with van der Waals surface area (Å²) in [6.45, 7) is 3.68. The molecular weight excluding hydrogens is 222 g/mol. The molecule has 0 unspecified atom stereocenters. The van der Waals surface area contributed by atoms with Gasteiger partial charge in [0.25, 0.3) is 0 Å². The lowest BCUT2D eigenvalue weighted by atomic mass is 9.98. The maximum Gasteiger partial charge on any atom is 0.331 e. The summed E-state index contributed by atoms with van der Waals surface area (Å²) in [5.74, 6) is -0.133. The van der Waals surface area contributed by atoms with Crippen LogP contribution in [0.5, 0.6) is 0 Å². The van der Waals surface area contributed by atoms with Crippen LogP contribution in [-0.2, 0) is 19.1 Å². The Morgan fingerprint density at radius 2 is 2.00 bits per heavy atom. The minimum Gasteiger partial charge on any atom is -0.466 e. The van der Waals surface area contributed by atoms with Gasteiger partial charge in [-0.3, -0.25) is 4.79 Å². The van der Waals surface area contributed by atoms with Crippen LogP contribution in [0.1, 0.15) is 19.8 Å². The molecule has 5 heteroatoms. The number of ether oxygens (including phenoxy) is 2. The Bertz CT molecular complexity index is 293. The molecule has 0 aromatic heterocycles. The van der Waals surface area contributed by atoms with Gasteiger partial charge in [0, 0.05) is 32.3 Å². The van der Waals surface area contributed by atoms with E-state index in [0.29, 0.717) is 12.5 Å². The summed E-state index contributed by atoms with van der Waals surface area (Å²) < 4.78 is 9.50. The van der Waals surface area contributed by atoms with Gasteiger partial charge in [0.05, 0.1) is 13.7 Å². The number of methoxy groups -OCH3 is 1. The van der Waals surface area contributed by atoms with E-state index in [1.807, 2.05) is 0 Å². The molecule has 1 fully saturated rings. The van der Waals surface area contributed by atoms with E-state index in [4.69, 9.17) is 4.74 Å². The summed E-state index contributed by atoms with van der Waals surface area (Å²) in [5, 5.41) is 0. The van der Waals surface area contributed by atoms with E-state index in [2.05, 4.69) is 9.64 Å². The molecule has 1 aliphatic rings. The predicted octanol–water partition coefficient (Wildman–Crippen LogP) is 0.948. The van der Waals surface area contributed by atoms with Crippen molar-refractivity contribution in [2.75, 3.05) is 26.8 Å². The van der Waals surface area contributed by atoms with Gasteiger partial charge in [-0.25, -0.2) is 4.79 Å². The molecule has 0 aromatic rings. The molecule has 0 spiro atoms. The molecular formula is C12H19NO4. The Hall–Kier alpha value is -1.52. The summed E-state index contributed by atoms with van der Waals surface area (Å²) in [5.41, 5.74) is 0. The van der Waals surface area contributed by atoms with Crippen LogP contribution < -0.4 is 0 Å². The normalized spacial score (nSPS) is 17.2. The predicted molar refractivity (Wildman–Crippen MR) is 62.1 cm³/mol. The second-order valence-electron chi connectivity index (χ2n) is 4.12.